The quantitative estimate of drug-likeness (QED) is 0.0797. The van der Waals surface area contributed by atoms with Gasteiger partial charge >= 0.3 is 35.8 Å². The number of epoxide rings is 1. The van der Waals surface area contributed by atoms with Crippen molar-refractivity contribution in [2.24, 2.45) is 17.3 Å². The third-order valence-electron chi connectivity index (χ3n) is 11.2. The number of esters is 6. The van der Waals surface area contributed by atoms with Crippen LogP contribution in [-0.4, -0.2) is 83.6 Å². The minimum absolute atomic E-state index is 0.00824. The van der Waals surface area contributed by atoms with Gasteiger partial charge in [0.2, 0.25) is 0 Å². The molecule has 0 aromatic rings. The van der Waals surface area contributed by atoms with Gasteiger partial charge in [-0.15, -0.1) is 0 Å². The molecule has 0 unspecified atom stereocenters. The molecule has 1 saturated carbocycles. The van der Waals surface area contributed by atoms with Crippen LogP contribution in [0.3, 0.4) is 0 Å². The van der Waals surface area contributed by atoms with Crippen LogP contribution in [0.15, 0.2) is 11.6 Å². The van der Waals surface area contributed by atoms with E-state index >= 15 is 0 Å². The van der Waals surface area contributed by atoms with Crippen molar-refractivity contribution in [1.29, 1.82) is 0 Å². The molecule has 11 atom stereocenters. The molecule has 3 fully saturated rings. The average molecular weight is 721 g/mol. The highest BCUT2D eigenvalue weighted by molar-refractivity contribution is 5.89. The fraction of sp³-hybridized carbons (Fsp3) is 0.789. The second-order valence-corrected chi connectivity index (χ2v) is 15.1. The van der Waals surface area contributed by atoms with Crippen molar-refractivity contribution in [3.8, 4) is 0 Å². The monoisotopic (exact) mass is 720 g/mol. The Morgan fingerprint density at radius 3 is 1.96 bits per heavy atom. The largest absolute Gasteiger partial charge is 0.462 e. The maximum absolute atomic E-state index is 13.4. The van der Waals surface area contributed by atoms with Gasteiger partial charge in [0.25, 0.3) is 0 Å². The minimum atomic E-state index is -1.53. The second-order valence-electron chi connectivity index (χ2n) is 15.1. The molecule has 0 bridgehead atoms. The molecule has 4 rings (SSSR count). The summed E-state index contributed by atoms with van der Waals surface area (Å²) in [6.07, 6.45) is 0.559. The van der Waals surface area contributed by atoms with Crippen LogP contribution in [0.5, 0.6) is 0 Å². The molecule has 2 aliphatic carbocycles. The Bertz CT molecular complexity index is 1390. The summed E-state index contributed by atoms with van der Waals surface area (Å²) in [4.78, 5) is 78.8. The van der Waals surface area contributed by atoms with Gasteiger partial charge in [0.05, 0.1) is 5.41 Å². The van der Waals surface area contributed by atoms with Crippen LogP contribution in [0, 0.1) is 17.3 Å². The van der Waals surface area contributed by atoms with Crippen molar-refractivity contribution in [1.82, 2.24) is 0 Å². The summed E-state index contributed by atoms with van der Waals surface area (Å²) in [5, 5.41) is 0. The van der Waals surface area contributed by atoms with E-state index in [1.54, 1.807) is 26.8 Å². The lowest BCUT2D eigenvalue weighted by molar-refractivity contribution is -0.248. The summed E-state index contributed by atoms with van der Waals surface area (Å²) in [5.74, 6) is -5.28. The topological polar surface area (TPSA) is 170 Å². The van der Waals surface area contributed by atoms with Crippen molar-refractivity contribution >= 4 is 35.8 Å². The van der Waals surface area contributed by atoms with Crippen LogP contribution in [0.25, 0.3) is 0 Å². The van der Waals surface area contributed by atoms with Gasteiger partial charge in [-0.3, -0.25) is 24.0 Å². The smallest absolute Gasteiger partial charge is 0.342 e. The SMILES string of the molecule is CCCCCCCC(=O)O[C@H]1C[C@H](OC(C)=O)[C@@]2(C)[C@H]([C@H]1C)[C@H](OC(C)=O)[C@]13O[C@@]1(C)C(=O)O[C@H]3/C=C(/C)C[C@H](OC(=O)CCC)[C@@H]2OC(C)=O. The molecule has 2 aliphatic heterocycles. The lowest BCUT2D eigenvalue weighted by Crippen LogP contribution is -2.68. The lowest BCUT2D eigenvalue weighted by Gasteiger charge is -2.57. The highest BCUT2D eigenvalue weighted by Crippen LogP contribution is 2.66. The van der Waals surface area contributed by atoms with Crippen LogP contribution >= 0.6 is 0 Å². The molecule has 51 heavy (non-hydrogen) atoms. The molecule has 13 nitrogen and oxygen atoms in total. The molecule has 286 valence electrons. The molecule has 0 amide bonds. The maximum Gasteiger partial charge on any atom is 0.342 e. The Balaban J connectivity index is 1.95. The Labute approximate surface area is 300 Å². The first-order chi connectivity index (χ1) is 24.0. The zero-order valence-corrected chi connectivity index (χ0v) is 31.6. The van der Waals surface area contributed by atoms with Crippen LogP contribution in [-0.2, 0) is 61.9 Å². The van der Waals surface area contributed by atoms with Gasteiger partial charge in [-0.2, -0.15) is 0 Å². The van der Waals surface area contributed by atoms with Gasteiger partial charge in [0.15, 0.2) is 17.3 Å². The van der Waals surface area contributed by atoms with E-state index < -0.39 is 101 Å². The number of fused-ring (bicyclic) bond motifs is 1. The third kappa shape index (κ3) is 7.98. The molecule has 0 radical (unpaired) electrons. The average Bonchev–Trinajstić information content (AvgIpc) is 3.62. The van der Waals surface area contributed by atoms with Crippen molar-refractivity contribution in [2.75, 3.05) is 0 Å². The highest BCUT2D eigenvalue weighted by Gasteiger charge is 2.87. The summed E-state index contributed by atoms with van der Waals surface area (Å²) in [7, 11) is 0. The summed E-state index contributed by atoms with van der Waals surface area (Å²) >= 11 is 0. The number of hydrogen-bond acceptors (Lipinski definition) is 13. The van der Waals surface area contributed by atoms with E-state index in [-0.39, 0.29) is 25.7 Å². The van der Waals surface area contributed by atoms with Gasteiger partial charge in [-0.1, -0.05) is 59.0 Å². The molecule has 0 aromatic heterocycles. The van der Waals surface area contributed by atoms with Crippen molar-refractivity contribution in [2.45, 2.75) is 174 Å². The molecular weight excluding hydrogens is 664 g/mol. The van der Waals surface area contributed by atoms with E-state index in [1.165, 1.54) is 20.8 Å². The van der Waals surface area contributed by atoms with E-state index in [2.05, 4.69) is 6.92 Å². The predicted octanol–water partition coefficient (Wildman–Crippen LogP) is 5.23. The summed E-state index contributed by atoms with van der Waals surface area (Å²) < 4.78 is 42.8. The highest BCUT2D eigenvalue weighted by atomic mass is 16.7. The molecule has 13 heteroatoms. The van der Waals surface area contributed by atoms with Crippen LogP contribution in [0.4, 0.5) is 0 Å². The summed E-state index contributed by atoms with van der Waals surface area (Å²) in [5.41, 5.74) is -3.90. The zero-order valence-electron chi connectivity index (χ0n) is 31.6. The third-order valence-corrected chi connectivity index (χ3v) is 11.2. The number of carbonyl (C=O) groups excluding carboxylic acids is 6. The molecule has 1 spiro atoms. The minimum Gasteiger partial charge on any atom is -0.462 e. The predicted molar refractivity (Wildman–Crippen MR) is 181 cm³/mol. The fourth-order valence-electron chi connectivity index (χ4n) is 8.78. The standard InChI is InChI=1S/C38H56O13/c1-10-12-13-14-15-17-31(43)48-26-20-28(45-23(5)39)36(8)32(22(26)4)34(47-25(7)41)38-29(50-35(44)37(38,9)51-38)19-21(3)18-27(33(36)46-24(6)40)49-30(42)16-11-2/h19,22,26-29,32-34H,10-18,20H2,1-9H3/b21-19-/t22-,26-,27-,28-,29-,32+,33-,34-,36-,37-,38-/m0/s1. The summed E-state index contributed by atoms with van der Waals surface area (Å²) in [6, 6.07) is 0. The first kappa shape index (κ1) is 40.3. The van der Waals surface area contributed by atoms with Crippen molar-refractivity contribution < 1.29 is 61.9 Å². The Hall–Kier alpha value is -3.48. The number of hydrogen-bond donors (Lipinski definition) is 0. The normalized spacial score (nSPS) is 37.9. The number of unbranched alkanes of at least 4 members (excludes halogenated alkanes) is 4. The van der Waals surface area contributed by atoms with Gasteiger partial charge < -0.3 is 33.2 Å². The zero-order chi connectivity index (χ0) is 37.9. The summed E-state index contributed by atoms with van der Waals surface area (Å²) in [6.45, 7) is 14.5. The van der Waals surface area contributed by atoms with Gasteiger partial charge in [-0.05, 0) is 32.8 Å². The lowest BCUT2D eigenvalue weighted by atomic mass is 9.52. The Morgan fingerprint density at radius 1 is 0.784 bits per heavy atom. The van der Waals surface area contributed by atoms with Gasteiger partial charge in [0.1, 0.15) is 30.5 Å². The van der Waals surface area contributed by atoms with E-state index in [1.807, 2.05) is 13.8 Å². The second kappa shape index (κ2) is 16.0. The number of rotatable bonds is 13. The van der Waals surface area contributed by atoms with Crippen LogP contribution < -0.4 is 0 Å². The van der Waals surface area contributed by atoms with Gasteiger partial charge in [0, 0.05) is 58.3 Å². The van der Waals surface area contributed by atoms with E-state index in [4.69, 9.17) is 33.2 Å². The molecule has 4 aliphatic rings. The first-order valence-electron chi connectivity index (χ1n) is 18.4. The number of carbonyl (C=O) groups is 6. The maximum atomic E-state index is 13.4. The van der Waals surface area contributed by atoms with E-state index in [9.17, 15) is 28.8 Å². The molecule has 2 saturated heterocycles. The van der Waals surface area contributed by atoms with Crippen LogP contribution in [0.2, 0.25) is 0 Å². The Kier molecular flexibility index (Phi) is 12.7. The molecule has 2 heterocycles. The molecular formula is C38H56O13. The number of ether oxygens (including phenoxy) is 7. The first-order valence-corrected chi connectivity index (χ1v) is 18.4. The van der Waals surface area contributed by atoms with Gasteiger partial charge in [-0.25, -0.2) is 4.79 Å². The van der Waals surface area contributed by atoms with Crippen molar-refractivity contribution in [3.63, 3.8) is 0 Å². The molecule has 0 N–H and O–H groups in total. The van der Waals surface area contributed by atoms with Crippen LogP contribution in [0.1, 0.15) is 127 Å². The Morgan fingerprint density at radius 2 is 1.37 bits per heavy atom. The fourth-order valence-corrected chi connectivity index (χ4v) is 8.78. The van der Waals surface area contributed by atoms with Crippen molar-refractivity contribution in [3.05, 3.63) is 11.6 Å². The van der Waals surface area contributed by atoms with E-state index in [0.717, 1.165) is 25.7 Å². The molecule has 0 aromatic carbocycles. The van der Waals surface area contributed by atoms with E-state index in [0.29, 0.717) is 18.4 Å².